The summed E-state index contributed by atoms with van der Waals surface area (Å²) in [7, 11) is -4.07. The molecule has 0 bridgehead atoms. The lowest BCUT2D eigenvalue weighted by Gasteiger charge is -2.05. The Morgan fingerprint density at radius 2 is 2.06 bits per heavy atom. The van der Waals surface area contributed by atoms with Crippen LogP contribution >= 0.6 is 38.6 Å². The predicted molar refractivity (Wildman–Crippen MR) is 124 cm³/mol. The summed E-state index contributed by atoms with van der Waals surface area (Å²) in [6.45, 7) is 1.68. The summed E-state index contributed by atoms with van der Waals surface area (Å²) >= 11 is 5.63. The number of benzene rings is 1. The summed E-state index contributed by atoms with van der Waals surface area (Å²) in [5.74, 6) is -4.09. The molecule has 1 aromatic carbocycles. The number of nitrogens with one attached hydrogen (secondary N) is 1. The van der Waals surface area contributed by atoms with Crippen molar-refractivity contribution in [1.82, 2.24) is 9.55 Å². The van der Waals surface area contributed by atoms with E-state index < -0.39 is 39.1 Å². The molecule has 2 heterocycles. The second kappa shape index (κ2) is 10.5. The van der Waals surface area contributed by atoms with Gasteiger partial charge in [0.15, 0.2) is 19.8 Å². The van der Waals surface area contributed by atoms with Crippen LogP contribution in [-0.2, 0) is 35.5 Å². The van der Waals surface area contributed by atoms with Crippen LogP contribution in [0.2, 0.25) is 0 Å². The van der Waals surface area contributed by atoms with Crippen LogP contribution in [0.3, 0.4) is 0 Å². The maximum atomic E-state index is 12.4. The molecule has 0 aliphatic carbocycles. The topological polar surface area (TPSA) is 137 Å². The molecule has 3 rings (SSSR count). The Kier molecular flexibility index (Phi) is 7.92. The fourth-order valence-electron chi connectivity index (χ4n) is 2.64. The third-order valence-corrected chi connectivity index (χ3v) is 7.44. The van der Waals surface area contributed by atoms with Crippen molar-refractivity contribution >= 4 is 81.6 Å². The Hall–Kier alpha value is -2.42. The third-order valence-electron chi connectivity index (χ3n) is 3.83. The summed E-state index contributed by atoms with van der Waals surface area (Å²) in [4.78, 5) is 44.3. The van der Waals surface area contributed by atoms with E-state index in [1.54, 1.807) is 30.5 Å². The van der Waals surface area contributed by atoms with Gasteiger partial charge in [0.25, 0.3) is 5.91 Å². The number of carbonyl (C=O) groups is 3. The van der Waals surface area contributed by atoms with E-state index in [1.165, 1.54) is 10.8 Å². The number of aromatic nitrogens is 2. The highest BCUT2D eigenvalue weighted by Crippen LogP contribution is 2.22. The first-order valence-corrected chi connectivity index (χ1v) is 13.4. The minimum Gasteiger partial charge on any atom is -0.465 e. The molecule has 0 radical (unpaired) electrons. The van der Waals surface area contributed by atoms with Crippen molar-refractivity contribution in [2.24, 2.45) is 4.99 Å². The molecule has 32 heavy (non-hydrogen) atoms. The molecule has 0 unspecified atom stereocenters. The standard InChI is InChI=1S/C18H17BrN4O6S3/c1-2-29-16(26)8-23-12-4-3-11(19)7-13(12)31-18(23)22-15(25)10-32(27,28)9-14(24)21-17-20-5-6-30-17/h3-7H,2,8-10H2,1H3,(H,20,21,24). The van der Waals surface area contributed by atoms with E-state index in [-0.39, 0.29) is 23.1 Å². The minimum absolute atomic E-state index is 0.151. The van der Waals surface area contributed by atoms with Crippen LogP contribution in [0.5, 0.6) is 0 Å². The number of thiazole rings is 2. The summed E-state index contributed by atoms with van der Waals surface area (Å²) in [5, 5.41) is 4.24. The van der Waals surface area contributed by atoms with E-state index in [9.17, 15) is 22.8 Å². The number of hydrogen-bond donors (Lipinski definition) is 1. The quantitative estimate of drug-likeness (QED) is 0.415. The molecule has 0 aliphatic rings. The van der Waals surface area contributed by atoms with E-state index >= 15 is 0 Å². The number of sulfone groups is 1. The molecule has 1 N–H and O–H groups in total. The summed E-state index contributed by atoms with van der Waals surface area (Å²) < 4.78 is 32.6. The lowest BCUT2D eigenvalue weighted by atomic mass is 10.3. The lowest BCUT2D eigenvalue weighted by molar-refractivity contribution is -0.143. The first-order chi connectivity index (χ1) is 15.2. The Labute approximate surface area is 199 Å². The Balaban J connectivity index is 1.82. The third kappa shape index (κ3) is 6.54. The van der Waals surface area contributed by atoms with Crippen LogP contribution < -0.4 is 10.1 Å². The SMILES string of the molecule is CCOC(=O)Cn1c(=NC(=O)CS(=O)(=O)CC(=O)Nc2nccs2)sc2cc(Br)ccc21. The molecule has 2 aromatic heterocycles. The number of fused-ring (bicyclic) bond motifs is 1. The number of amides is 2. The van der Waals surface area contributed by atoms with E-state index in [0.717, 1.165) is 31.8 Å². The first kappa shape index (κ1) is 24.2. The predicted octanol–water partition coefficient (Wildman–Crippen LogP) is 1.97. The lowest BCUT2D eigenvalue weighted by Crippen LogP contribution is -2.28. The van der Waals surface area contributed by atoms with Gasteiger partial charge < -0.3 is 14.6 Å². The largest absolute Gasteiger partial charge is 0.465 e. The molecule has 0 saturated heterocycles. The summed E-state index contributed by atoms with van der Waals surface area (Å²) in [6.07, 6.45) is 1.46. The first-order valence-electron chi connectivity index (χ1n) is 9.08. The van der Waals surface area contributed by atoms with E-state index in [1.807, 2.05) is 0 Å². The Morgan fingerprint density at radius 1 is 1.28 bits per heavy atom. The zero-order valence-electron chi connectivity index (χ0n) is 16.6. The number of hydrogen-bond acceptors (Lipinski definition) is 9. The Bertz CT molecular complexity index is 1330. The highest BCUT2D eigenvalue weighted by atomic mass is 79.9. The normalized spacial score (nSPS) is 12.1. The maximum Gasteiger partial charge on any atom is 0.326 e. The number of anilines is 1. The van der Waals surface area contributed by atoms with Crippen LogP contribution in [0, 0.1) is 0 Å². The second-order valence-electron chi connectivity index (χ2n) is 6.31. The highest BCUT2D eigenvalue weighted by molar-refractivity contribution is 9.10. The van der Waals surface area contributed by atoms with Crippen LogP contribution in [0.1, 0.15) is 6.92 Å². The number of esters is 1. The van der Waals surface area contributed by atoms with E-state index in [4.69, 9.17) is 4.74 Å². The molecule has 10 nitrogen and oxygen atoms in total. The molecule has 3 aromatic rings. The van der Waals surface area contributed by atoms with Crippen molar-refractivity contribution in [3.8, 4) is 0 Å². The average Bonchev–Trinajstić information content (AvgIpc) is 3.28. The second-order valence-corrected chi connectivity index (χ2v) is 11.2. The Morgan fingerprint density at radius 3 is 2.75 bits per heavy atom. The number of rotatable bonds is 8. The zero-order valence-corrected chi connectivity index (χ0v) is 20.6. The van der Waals surface area contributed by atoms with Gasteiger partial charge in [0.2, 0.25) is 5.91 Å². The zero-order chi connectivity index (χ0) is 23.3. The molecule has 0 spiro atoms. The van der Waals surface area contributed by atoms with Crippen molar-refractivity contribution in [2.45, 2.75) is 13.5 Å². The van der Waals surface area contributed by atoms with Gasteiger partial charge in [-0.25, -0.2) is 13.4 Å². The average molecular weight is 561 g/mol. The summed E-state index contributed by atoms with van der Waals surface area (Å²) in [5.41, 5.74) is 0.642. The van der Waals surface area contributed by atoms with Crippen molar-refractivity contribution in [2.75, 3.05) is 23.4 Å². The summed E-state index contributed by atoms with van der Waals surface area (Å²) in [6, 6.07) is 5.32. The number of ether oxygens (including phenoxy) is 1. The van der Waals surface area contributed by atoms with Crippen molar-refractivity contribution in [3.63, 3.8) is 0 Å². The molecule has 14 heteroatoms. The van der Waals surface area contributed by atoms with Crippen LogP contribution in [0.15, 0.2) is 39.2 Å². The van der Waals surface area contributed by atoms with Crippen molar-refractivity contribution in [3.05, 3.63) is 39.1 Å². The molecular weight excluding hydrogens is 544 g/mol. The number of halogens is 1. The molecule has 0 fully saturated rings. The minimum atomic E-state index is -4.07. The van der Waals surface area contributed by atoms with Gasteiger partial charge in [0, 0.05) is 16.0 Å². The van der Waals surface area contributed by atoms with Gasteiger partial charge in [-0.15, -0.1) is 11.3 Å². The fraction of sp³-hybridized carbons (Fsp3) is 0.278. The smallest absolute Gasteiger partial charge is 0.326 e. The molecule has 2 amide bonds. The molecule has 0 atom stereocenters. The van der Waals surface area contributed by atoms with E-state index in [0.29, 0.717) is 5.52 Å². The van der Waals surface area contributed by atoms with Gasteiger partial charge in [0.1, 0.15) is 18.1 Å². The van der Waals surface area contributed by atoms with Crippen LogP contribution in [0.4, 0.5) is 5.13 Å². The van der Waals surface area contributed by atoms with Gasteiger partial charge in [-0.1, -0.05) is 27.3 Å². The van der Waals surface area contributed by atoms with Crippen molar-refractivity contribution in [1.29, 1.82) is 0 Å². The highest BCUT2D eigenvalue weighted by Gasteiger charge is 2.22. The molecule has 0 saturated carbocycles. The van der Waals surface area contributed by atoms with Gasteiger partial charge in [0.05, 0.1) is 16.8 Å². The van der Waals surface area contributed by atoms with Crippen molar-refractivity contribution < 1.29 is 27.5 Å². The van der Waals surface area contributed by atoms with Crippen LogP contribution in [-0.4, -0.2) is 53.9 Å². The molecular formula is C18H17BrN4O6S3. The monoisotopic (exact) mass is 560 g/mol. The molecule has 170 valence electrons. The van der Waals surface area contributed by atoms with Gasteiger partial charge >= 0.3 is 5.97 Å². The number of nitrogens with zero attached hydrogens (tertiary/aromatic N) is 3. The number of carbonyl (C=O) groups excluding carboxylic acids is 3. The van der Waals surface area contributed by atoms with E-state index in [2.05, 4.69) is 31.2 Å². The van der Waals surface area contributed by atoms with Gasteiger partial charge in [-0.05, 0) is 25.1 Å². The van der Waals surface area contributed by atoms with Gasteiger partial charge in [-0.3, -0.25) is 14.4 Å². The molecule has 0 aliphatic heterocycles. The maximum absolute atomic E-state index is 12.4. The fourth-order valence-corrected chi connectivity index (χ4v) is 5.80. The van der Waals surface area contributed by atoms with Crippen LogP contribution in [0.25, 0.3) is 10.2 Å². The van der Waals surface area contributed by atoms with Gasteiger partial charge in [-0.2, -0.15) is 4.99 Å².